The highest BCUT2D eigenvalue weighted by atomic mass is 32.2. The van der Waals surface area contributed by atoms with Crippen molar-refractivity contribution in [1.29, 1.82) is 0 Å². The third-order valence-corrected chi connectivity index (χ3v) is 11.3. The Balaban J connectivity index is 1.56. The minimum atomic E-state index is -4.09. The number of amidine groups is 1. The van der Waals surface area contributed by atoms with Crippen LogP contribution in [0.15, 0.2) is 56.9 Å². The van der Waals surface area contributed by atoms with E-state index in [2.05, 4.69) is 16.8 Å². The van der Waals surface area contributed by atoms with Crippen LogP contribution in [-0.4, -0.2) is 71.2 Å². The van der Waals surface area contributed by atoms with Crippen molar-refractivity contribution < 1.29 is 22.5 Å². The number of aliphatic imine (C=N–C) groups is 1. The number of urea groups is 1. The molecule has 0 radical (unpaired) electrons. The van der Waals surface area contributed by atoms with Crippen molar-refractivity contribution in [3.8, 4) is 11.1 Å². The molecular weight excluding hydrogens is 641 g/mol. The minimum Gasteiger partial charge on any atom is -0.359 e. The third-order valence-electron chi connectivity index (χ3n) is 9.88. The van der Waals surface area contributed by atoms with Crippen molar-refractivity contribution in [1.82, 2.24) is 19.9 Å². The highest BCUT2D eigenvalue weighted by molar-refractivity contribution is 7.92. The largest absolute Gasteiger partial charge is 0.359 e. The Morgan fingerprint density at radius 1 is 1.06 bits per heavy atom. The van der Waals surface area contributed by atoms with Crippen LogP contribution in [-0.2, 0) is 27.9 Å². The number of unbranched alkanes of at least 4 members (excludes halogenated alkanes) is 1. The number of rotatable bonds is 11. The van der Waals surface area contributed by atoms with Crippen molar-refractivity contribution in [2.75, 3.05) is 18.8 Å². The number of carbonyl (C=O) groups is 2. The first-order chi connectivity index (χ1) is 23.1. The number of hydrogen-bond acceptors (Lipinski definition) is 7. The number of nitrogens with zero attached hydrogens (tertiary/aromatic N) is 5. The summed E-state index contributed by atoms with van der Waals surface area (Å²) in [5.41, 5.74) is 2.33. The van der Waals surface area contributed by atoms with Crippen molar-refractivity contribution in [3.05, 3.63) is 64.9 Å². The highest BCUT2D eigenvalue weighted by Crippen LogP contribution is 2.40. The summed E-state index contributed by atoms with van der Waals surface area (Å²) in [6.07, 6.45) is 6.26. The summed E-state index contributed by atoms with van der Waals surface area (Å²) >= 11 is 0. The number of hydrogen-bond donors (Lipinski definition) is 1. The molecule has 2 aromatic carbocycles. The molecule has 2 heterocycles. The Morgan fingerprint density at radius 3 is 2.39 bits per heavy atom. The lowest BCUT2D eigenvalue weighted by atomic mass is 9.96. The molecule has 264 valence electrons. The molecule has 0 saturated heterocycles. The number of nitrogens with one attached hydrogen (secondary N) is 1. The number of carbonyl (C=O) groups excluding carboxylic acids is 2. The summed E-state index contributed by atoms with van der Waals surface area (Å²) in [4.78, 5) is 37.8. The smallest absolute Gasteiger partial charge is 0.320 e. The molecule has 2 aliphatic rings. The van der Waals surface area contributed by atoms with Crippen LogP contribution in [0.1, 0.15) is 95.1 Å². The standard InChI is InChI=1S/C37H50N6O5S/c1-9-10-17-32-38-37(20-13-14-21-37)34(44)43(32)23-27-18-19-29(28(22-27)24-41(7)35(45)42(8)36(4,5)6)30-15-11-12-16-31(30)49(46,47)40-33-25(2)26(3)48-39-33/h11-12,15-16,18-19,22H,9-10,13-14,17,20-21,23-24H2,1-8H3,(H,39,40). The first-order valence-corrected chi connectivity index (χ1v) is 18.6. The normalized spacial score (nSPS) is 16.0. The Bertz CT molecular complexity index is 1850. The quantitative estimate of drug-likeness (QED) is 0.225. The van der Waals surface area contributed by atoms with E-state index in [1.54, 1.807) is 62.0 Å². The van der Waals surface area contributed by atoms with E-state index >= 15 is 0 Å². The van der Waals surface area contributed by atoms with Crippen LogP contribution < -0.4 is 4.72 Å². The minimum absolute atomic E-state index is 0.0664. The molecule has 5 rings (SSSR count). The molecule has 1 N–H and O–H groups in total. The average molecular weight is 691 g/mol. The van der Waals surface area contributed by atoms with E-state index in [4.69, 9.17) is 9.52 Å². The summed E-state index contributed by atoms with van der Waals surface area (Å²) in [5, 5.41) is 3.90. The summed E-state index contributed by atoms with van der Waals surface area (Å²) in [6.45, 7) is 12.1. The maximum absolute atomic E-state index is 13.9. The zero-order chi connectivity index (χ0) is 35.7. The van der Waals surface area contributed by atoms with Crippen LogP contribution in [0.2, 0.25) is 0 Å². The van der Waals surface area contributed by atoms with Crippen LogP contribution >= 0.6 is 0 Å². The van der Waals surface area contributed by atoms with E-state index in [0.29, 0.717) is 29.0 Å². The van der Waals surface area contributed by atoms with Gasteiger partial charge in [0.2, 0.25) is 0 Å². The fourth-order valence-electron chi connectivity index (χ4n) is 6.50. The molecule has 0 atom stereocenters. The molecule has 0 bridgehead atoms. The van der Waals surface area contributed by atoms with Crippen molar-refractivity contribution >= 4 is 33.6 Å². The van der Waals surface area contributed by atoms with Gasteiger partial charge in [0.25, 0.3) is 15.9 Å². The van der Waals surface area contributed by atoms with Crippen molar-refractivity contribution in [3.63, 3.8) is 0 Å². The second kappa shape index (κ2) is 14.0. The fourth-order valence-corrected chi connectivity index (χ4v) is 7.78. The number of amides is 3. The fraction of sp³-hybridized carbons (Fsp3) is 0.514. The molecular formula is C37H50N6O5S. The van der Waals surface area contributed by atoms with Gasteiger partial charge in [0.1, 0.15) is 17.1 Å². The monoisotopic (exact) mass is 690 g/mol. The molecule has 1 aliphatic heterocycles. The third kappa shape index (κ3) is 7.39. The molecule has 1 saturated carbocycles. The number of anilines is 1. The van der Waals surface area contributed by atoms with E-state index < -0.39 is 21.1 Å². The summed E-state index contributed by atoms with van der Waals surface area (Å²) in [7, 11) is -0.580. The number of benzene rings is 2. The summed E-state index contributed by atoms with van der Waals surface area (Å²) in [5.74, 6) is 1.57. The van der Waals surface area contributed by atoms with Gasteiger partial charge in [-0.2, -0.15) is 0 Å². The molecule has 3 aromatic rings. The zero-order valence-corrected chi connectivity index (χ0v) is 30.9. The van der Waals surface area contributed by atoms with Gasteiger partial charge in [-0.25, -0.2) is 13.2 Å². The molecule has 1 aromatic heterocycles. The molecule has 12 heteroatoms. The van der Waals surface area contributed by atoms with Crippen LogP contribution in [0, 0.1) is 13.8 Å². The number of sulfonamides is 1. The van der Waals surface area contributed by atoms with Gasteiger partial charge in [0, 0.05) is 43.7 Å². The lowest BCUT2D eigenvalue weighted by molar-refractivity contribution is -0.131. The van der Waals surface area contributed by atoms with Gasteiger partial charge in [-0.3, -0.25) is 19.4 Å². The number of aryl methyl sites for hydroxylation is 1. The van der Waals surface area contributed by atoms with Crippen LogP contribution in [0.3, 0.4) is 0 Å². The van der Waals surface area contributed by atoms with Crippen LogP contribution in [0.25, 0.3) is 11.1 Å². The van der Waals surface area contributed by atoms with Gasteiger partial charge < -0.3 is 14.3 Å². The predicted molar refractivity (Wildman–Crippen MR) is 192 cm³/mol. The molecule has 1 fully saturated rings. The van der Waals surface area contributed by atoms with Gasteiger partial charge in [-0.1, -0.05) is 67.7 Å². The van der Waals surface area contributed by atoms with Crippen molar-refractivity contribution in [2.45, 2.75) is 116 Å². The average Bonchev–Trinajstić information content (AvgIpc) is 3.73. The zero-order valence-electron chi connectivity index (χ0n) is 30.1. The summed E-state index contributed by atoms with van der Waals surface area (Å²) < 4.78 is 35.5. The predicted octanol–water partition coefficient (Wildman–Crippen LogP) is 7.29. The lowest BCUT2D eigenvalue weighted by Crippen LogP contribution is -2.48. The van der Waals surface area contributed by atoms with Gasteiger partial charge in [-0.05, 0) is 76.6 Å². The topological polar surface area (TPSA) is 128 Å². The van der Waals surface area contributed by atoms with E-state index in [9.17, 15) is 18.0 Å². The highest BCUT2D eigenvalue weighted by Gasteiger charge is 2.49. The van der Waals surface area contributed by atoms with Gasteiger partial charge in [-0.15, -0.1) is 0 Å². The Kier molecular flexibility index (Phi) is 10.3. The SMILES string of the molecule is CCCCC1=NC2(CCCC2)C(=O)N1Cc1ccc(-c2ccccc2S(=O)(=O)Nc2noc(C)c2C)c(CN(C)C(=O)N(C)C(C)(C)C)c1. The van der Waals surface area contributed by atoms with Gasteiger partial charge in [0.05, 0.1) is 11.4 Å². The second-order valence-electron chi connectivity index (χ2n) is 14.4. The first-order valence-electron chi connectivity index (χ1n) is 17.1. The Morgan fingerprint density at radius 2 is 1.76 bits per heavy atom. The maximum Gasteiger partial charge on any atom is 0.320 e. The molecule has 1 aliphatic carbocycles. The molecule has 11 nitrogen and oxygen atoms in total. The Hall–Kier alpha value is -4.19. The first kappa shape index (κ1) is 36.1. The van der Waals surface area contributed by atoms with Crippen LogP contribution in [0.5, 0.6) is 0 Å². The van der Waals surface area contributed by atoms with Gasteiger partial charge in [0.15, 0.2) is 5.82 Å². The van der Waals surface area contributed by atoms with E-state index in [1.807, 2.05) is 43.9 Å². The summed E-state index contributed by atoms with van der Waals surface area (Å²) in [6, 6.07) is 12.4. The Labute approximate surface area is 290 Å². The van der Waals surface area contributed by atoms with E-state index in [0.717, 1.165) is 61.9 Å². The lowest BCUT2D eigenvalue weighted by Gasteiger charge is -2.35. The molecule has 3 amide bonds. The van der Waals surface area contributed by atoms with E-state index in [-0.39, 0.29) is 29.2 Å². The second-order valence-corrected chi connectivity index (χ2v) is 16.1. The molecule has 1 spiro atoms. The van der Waals surface area contributed by atoms with Crippen LogP contribution in [0.4, 0.5) is 10.6 Å². The van der Waals surface area contributed by atoms with E-state index in [1.165, 1.54) is 0 Å². The molecule has 49 heavy (non-hydrogen) atoms. The number of aromatic nitrogens is 1. The molecule has 0 unspecified atom stereocenters. The van der Waals surface area contributed by atoms with Gasteiger partial charge >= 0.3 is 6.03 Å². The van der Waals surface area contributed by atoms with Crippen molar-refractivity contribution in [2.24, 2.45) is 4.99 Å². The maximum atomic E-state index is 13.9.